The third kappa shape index (κ3) is 1.44. The molecule has 15 heavy (non-hydrogen) atoms. The Morgan fingerprint density at radius 2 is 2.07 bits per heavy atom. The first-order chi connectivity index (χ1) is 7.28. The zero-order valence-corrected chi connectivity index (χ0v) is 9.37. The van der Waals surface area contributed by atoms with E-state index in [1.165, 1.54) is 23.1 Å². The molecule has 0 aliphatic carbocycles. The van der Waals surface area contributed by atoms with E-state index in [9.17, 15) is 4.39 Å². The fourth-order valence-electron chi connectivity index (χ4n) is 1.59. The van der Waals surface area contributed by atoms with Crippen molar-refractivity contribution in [2.45, 2.75) is 10.0 Å². The smallest absolute Gasteiger partial charge is 0.259 e. The van der Waals surface area contributed by atoms with Crippen molar-refractivity contribution in [3.8, 4) is 0 Å². The first-order valence-corrected chi connectivity index (χ1v) is 6.32. The number of anilines is 1. The number of rotatable bonds is 1. The predicted octanol–water partition coefficient (Wildman–Crippen LogP) is 4.05. The Kier molecular flexibility index (Phi) is 2.00. The molecule has 0 amide bonds. The average Bonchev–Trinajstić information content (AvgIpc) is 2.83. The quantitative estimate of drug-likeness (QED) is 0.751. The molecule has 1 aromatic heterocycles. The van der Waals surface area contributed by atoms with Crippen LogP contribution in [-0.2, 0) is 5.12 Å². The highest BCUT2D eigenvalue weighted by molar-refractivity contribution is 8.00. The van der Waals surface area contributed by atoms with E-state index in [4.69, 9.17) is 0 Å². The maximum Gasteiger partial charge on any atom is 0.259 e. The maximum atomic E-state index is 14.5. The molecule has 0 bridgehead atoms. The van der Waals surface area contributed by atoms with Crippen molar-refractivity contribution in [3.05, 3.63) is 46.7 Å². The lowest BCUT2D eigenvalue weighted by atomic mass is 10.3. The summed E-state index contributed by atoms with van der Waals surface area (Å²) in [5, 5.41) is 5.15. The number of para-hydroxylation sites is 1. The topological polar surface area (TPSA) is 12.0 Å². The Labute approximate surface area is 95.3 Å². The minimum atomic E-state index is -1.50. The molecule has 1 aromatic carbocycles. The molecule has 1 unspecified atom stereocenters. The van der Waals surface area contributed by atoms with Crippen LogP contribution in [0.25, 0.3) is 0 Å². The van der Waals surface area contributed by atoms with E-state index in [1.807, 2.05) is 41.1 Å². The lowest BCUT2D eigenvalue weighted by Gasteiger charge is -2.17. The van der Waals surface area contributed by atoms with E-state index in [0.717, 1.165) is 10.6 Å². The van der Waals surface area contributed by atoms with Crippen LogP contribution in [0.1, 0.15) is 5.56 Å². The summed E-state index contributed by atoms with van der Waals surface area (Å²) in [5.74, 6) is 0. The number of benzene rings is 1. The standard InChI is InChI=1S/C11H8FNS2/c12-11(8-5-6-14-7-8)13-9-3-1-2-4-10(9)15-11/h1-7,13H. The largest absolute Gasteiger partial charge is 0.340 e. The molecule has 2 heterocycles. The van der Waals surface area contributed by atoms with Crippen molar-refractivity contribution in [2.75, 3.05) is 5.32 Å². The van der Waals surface area contributed by atoms with Gasteiger partial charge in [0.15, 0.2) is 0 Å². The molecular formula is C11H8FNS2. The number of thioether (sulfide) groups is 1. The summed E-state index contributed by atoms with van der Waals surface area (Å²) in [7, 11) is 0. The van der Waals surface area contributed by atoms with Gasteiger partial charge in [-0.15, -0.1) is 0 Å². The van der Waals surface area contributed by atoms with Gasteiger partial charge in [0, 0.05) is 10.5 Å². The fraction of sp³-hybridized carbons (Fsp3) is 0.0909. The fourth-order valence-corrected chi connectivity index (χ4v) is 3.44. The summed E-state index contributed by atoms with van der Waals surface area (Å²) < 4.78 is 14.5. The molecule has 1 nitrogen and oxygen atoms in total. The minimum absolute atomic E-state index is 0.689. The van der Waals surface area contributed by atoms with Gasteiger partial charge in [-0.1, -0.05) is 23.9 Å². The third-order valence-corrected chi connectivity index (χ3v) is 4.20. The Balaban J connectivity index is 2.01. The van der Waals surface area contributed by atoms with Crippen LogP contribution in [0.3, 0.4) is 0 Å². The highest BCUT2D eigenvalue weighted by atomic mass is 32.2. The van der Waals surface area contributed by atoms with Gasteiger partial charge in [0.1, 0.15) is 0 Å². The number of thiophene rings is 1. The molecule has 2 aromatic rings. The van der Waals surface area contributed by atoms with Crippen molar-refractivity contribution < 1.29 is 4.39 Å². The van der Waals surface area contributed by atoms with Crippen LogP contribution in [0.15, 0.2) is 46.0 Å². The molecule has 0 radical (unpaired) electrons. The van der Waals surface area contributed by atoms with Gasteiger partial charge in [0.25, 0.3) is 5.12 Å². The molecular weight excluding hydrogens is 229 g/mol. The number of nitrogens with one attached hydrogen (secondary N) is 1. The zero-order chi connectivity index (χ0) is 10.3. The Morgan fingerprint density at radius 1 is 1.20 bits per heavy atom. The second-order valence-corrected chi connectivity index (χ2v) is 5.32. The van der Waals surface area contributed by atoms with E-state index in [1.54, 1.807) is 0 Å². The molecule has 0 spiro atoms. The minimum Gasteiger partial charge on any atom is -0.340 e. The number of hydrogen-bond donors (Lipinski definition) is 1. The van der Waals surface area contributed by atoms with Crippen molar-refractivity contribution in [1.29, 1.82) is 0 Å². The molecule has 76 valence electrons. The van der Waals surface area contributed by atoms with Gasteiger partial charge in [-0.05, 0) is 29.0 Å². The molecule has 1 aliphatic heterocycles. The number of fused-ring (bicyclic) bond motifs is 1. The van der Waals surface area contributed by atoms with E-state index in [0.29, 0.717) is 5.56 Å². The van der Waals surface area contributed by atoms with E-state index >= 15 is 0 Å². The van der Waals surface area contributed by atoms with E-state index in [2.05, 4.69) is 5.32 Å². The van der Waals surface area contributed by atoms with Gasteiger partial charge in [0.05, 0.1) is 5.69 Å². The van der Waals surface area contributed by atoms with Gasteiger partial charge in [-0.25, -0.2) is 4.39 Å². The van der Waals surface area contributed by atoms with Crippen LogP contribution in [0.4, 0.5) is 10.1 Å². The summed E-state index contributed by atoms with van der Waals surface area (Å²) in [6.07, 6.45) is 0. The highest BCUT2D eigenvalue weighted by Gasteiger charge is 2.39. The molecule has 1 atom stereocenters. The van der Waals surface area contributed by atoms with Gasteiger partial charge < -0.3 is 5.32 Å². The van der Waals surface area contributed by atoms with Gasteiger partial charge in [-0.3, -0.25) is 0 Å². The molecule has 0 saturated heterocycles. The molecule has 0 fully saturated rings. The van der Waals surface area contributed by atoms with Gasteiger partial charge >= 0.3 is 0 Å². The van der Waals surface area contributed by atoms with E-state index < -0.39 is 5.12 Å². The first-order valence-electron chi connectivity index (χ1n) is 4.56. The van der Waals surface area contributed by atoms with E-state index in [-0.39, 0.29) is 0 Å². The molecule has 3 rings (SSSR count). The van der Waals surface area contributed by atoms with Crippen molar-refractivity contribution in [1.82, 2.24) is 0 Å². The second-order valence-electron chi connectivity index (χ2n) is 3.33. The summed E-state index contributed by atoms with van der Waals surface area (Å²) in [6.45, 7) is 0. The summed E-state index contributed by atoms with van der Waals surface area (Å²) in [5.41, 5.74) is 1.56. The average molecular weight is 237 g/mol. The highest BCUT2D eigenvalue weighted by Crippen LogP contribution is 2.52. The Hall–Kier alpha value is -1.00. The van der Waals surface area contributed by atoms with Gasteiger partial charge in [0.2, 0.25) is 0 Å². The lowest BCUT2D eigenvalue weighted by molar-refractivity contribution is 0.342. The van der Waals surface area contributed by atoms with Crippen LogP contribution in [0, 0.1) is 0 Å². The van der Waals surface area contributed by atoms with Crippen LogP contribution in [0.2, 0.25) is 0 Å². The van der Waals surface area contributed by atoms with Crippen LogP contribution < -0.4 is 5.32 Å². The number of halogens is 1. The van der Waals surface area contributed by atoms with Crippen LogP contribution in [0.5, 0.6) is 0 Å². The van der Waals surface area contributed by atoms with Gasteiger partial charge in [-0.2, -0.15) is 11.3 Å². The third-order valence-electron chi connectivity index (χ3n) is 2.33. The normalized spacial score (nSPS) is 23.5. The molecule has 0 saturated carbocycles. The SMILES string of the molecule is FC1(c2ccsc2)Nc2ccccc2S1. The van der Waals surface area contributed by atoms with Crippen molar-refractivity contribution in [2.24, 2.45) is 0 Å². The summed E-state index contributed by atoms with van der Waals surface area (Å²) in [4.78, 5) is 0.964. The molecule has 1 N–H and O–H groups in total. The van der Waals surface area contributed by atoms with Crippen molar-refractivity contribution >= 4 is 28.8 Å². The second kappa shape index (κ2) is 3.25. The number of hydrogen-bond acceptors (Lipinski definition) is 3. The Bertz CT molecular complexity index is 456. The first kappa shape index (κ1) is 9.24. The van der Waals surface area contributed by atoms with Crippen LogP contribution >= 0.6 is 23.1 Å². The summed E-state index contributed by atoms with van der Waals surface area (Å²) in [6, 6.07) is 9.48. The monoisotopic (exact) mass is 237 g/mol. The molecule has 1 aliphatic rings. The Morgan fingerprint density at radius 3 is 2.80 bits per heavy atom. The van der Waals surface area contributed by atoms with Crippen LogP contribution in [-0.4, -0.2) is 0 Å². The predicted molar refractivity (Wildman–Crippen MR) is 63.0 cm³/mol. The number of alkyl halides is 1. The van der Waals surface area contributed by atoms with Crippen molar-refractivity contribution in [3.63, 3.8) is 0 Å². The zero-order valence-electron chi connectivity index (χ0n) is 7.74. The summed E-state index contributed by atoms with van der Waals surface area (Å²) >= 11 is 2.74. The maximum absolute atomic E-state index is 14.5. The molecule has 4 heteroatoms. The lowest BCUT2D eigenvalue weighted by Crippen LogP contribution is -2.20.